The number of aliphatic carboxylic acids is 2. The molecule has 1 aromatic carbocycles. The fraction of sp³-hybridized carbons (Fsp3) is 0.333. The summed E-state index contributed by atoms with van der Waals surface area (Å²) in [6.45, 7) is 4.23. The van der Waals surface area contributed by atoms with Gasteiger partial charge in [-0.15, -0.1) is 0 Å². The fourth-order valence-electron chi connectivity index (χ4n) is 1.57. The first-order valence-corrected chi connectivity index (χ1v) is 7.62. The zero-order valence-electron chi connectivity index (χ0n) is 13.8. The Hall–Kier alpha value is -2.60. The van der Waals surface area contributed by atoms with E-state index in [0.717, 1.165) is 13.0 Å². The van der Waals surface area contributed by atoms with Gasteiger partial charge in [0.15, 0.2) is 0 Å². The summed E-state index contributed by atoms with van der Waals surface area (Å²) in [7, 11) is 0. The Bertz CT molecular complexity index is 599. The minimum atomic E-state index is -1.05. The van der Waals surface area contributed by atoms with E-state index in [0.29, 0.717) is 17.7 Å². The predicted octanol–water partition coefficient (Wildman–Crippen LogP) is 3.25. The van der Waals surface area contributed by atoms with Gasteiger partial charge in [0.25, 0.3) is 0 Å². The van der Waals surface area contributed by atoms with Crippen LogP contribution in [-0.2, 0) is 14.3 Å². The molecule has 1 atom stereocenters. The Kier molecular flexibility index (Phi) is 8.29. The average Bonchev–Trinajstić information content (AvgIpc) is 3.38. The average molecular weight is 334 g/mol. The highest BCUT2D eigenvalue weighted by Gasteiger charge is 2.20. The van der Waals surface area contributed by atoms with Crippen LogP contribution in [0.2, 0.25) is 0 Å². The van der Waals surface area contributed by atoms with Crippen molar-refractivity contribution in [3.8, 4) is 5.75 Å². The van der Waals surface area contributed by atoms with E-state index in [1.54, 1.807) is 37.3 Å². The van der Waals surface area contributed by atoms with Crippen molar-refractivity contribution >= 4 is 11.9 Å². The minimum Gasteiger partial charge on any atom is -0.478 e. The molecule has 2 N–H and O–H groups in total. The van der Waals surface area contributed by atoms with E-state index in [4.69, 9.17) is 19.7 Å². The SMILES string of the molecule is C/C(=C\CC1CO1)C(=O)O.CC/C=C(/Oc1ccccc1)C(=O)O. The fourth-order valence-corrected chi connectivity index (χ4v) is 1.57. The van der Waals surface area contributed by atoms with Gasteiger partial charge in [-0.1, -0.05) is 31.2 Å². The lowest BCUT2D eigenvalue weighted by Crippen LogP contribution is -2.07. The van der Waals surface area contributed by atoms with Crippen molar-refractivity contribution in [2.24, 2.45) is 0 Å². The van der Waals surface area contributed by atoms with Crippen molar-refractivity contribution in [3.05, 3.63) is 53.8 Å². The normalized spacial score (nSPS) is 16.7. The molecule has 0 aliphatic carbocycles. The standard InChI is InChI=1S/C11H12O3.C7H10O3/c1-2-6-10(11(12)13)14-9-7-4-3-5-8-9;1-5(7(8)9)2-3-6-4-10-6/h3-8H,2H2,1H3,(H,12,13);2,6H,3-4H2,1H3,(H,8,9)/b10-6+;5-2+. The lowest BCUT2D eigenvalue weighted by molar-refractivity contribution is -0.135. The van der Waals surface area contributed by atoms with Gasteiger partial charge < -0.3 is 19.7 Å². The summed E-state index contributed by atoms with van der Waals surface area (Å²) < 4.78 is 10.1. The molecule has 6 heteroatoms. The van der Waals surface area contributed by atoms with Crippen LogP contribution in [0.5, 0.6) is 5.75 Å². The van der Waals surface area contributed by atoms with Gasteiger partial charge in [0.1, 0.15) is 5.75 Å². The molecule has 1 saturated heterocycles. The Balaban J connectivity index is 0.000000254. The van der Waals surface area contributed by atoms with Gasteiger partial charge in [-0.05, 0) is 38.0 Å². The topological polar surface area (TPSA) is 96.4 Å². The van der Waals surface area contributed by atoms with E-state index in [2.05, 4.69) is 0 Å². The van der Waals surface area contributed by atoms with Crippen molar-refractivity contribution in [3.63, 3.8) is 0 Å². The number of carboxylic acid groups (broad SMARTS) is 2. The molecule has 0 radical (unpaired) electrons. The maximum absolute atomic E-state index is 10.7. The second-order valence-corrected chi connectivity index (χ2v) is 5.08. The van der Waals surface area contributed by atoms with Gasteiger partial charge >= 0.3 is 11.9 Å². The van der Waals surface area contributed by atoms with Gasteiger partial charge in [-0.2, -0.15) is 0 Å². The molecular weight excluding hydrogens is 312 g/mol. The molecule has 1 unspecified atom stereocenters. The third-order valence-electron chi connectivity index (χ3n) is 3.00. The van der Waals surface area contributed by atoms with Gasteiger partial charge in [0.05, 0.1) is 12.7 Å². The van der Waals surface area contributed by atoms with Crippen LogP contribution in [0, 0.1) is 0 Å². The van der Waals surface area contributed by atoms with Crippen LogP contribution in [0.4, 0.5) is 0 Å². The Labute approximate surface area is 141 Å². The van der Waals surface area contributed by atoms with E-state index >= 15 is 0 Å². The van der Waals surface area contributed by atoms with Crippen LogP contribution in [0.1, 0.15) is 26.7 Å². The molecule has 0 bridgehead atoms. The molecule has 6 nitrogen and oxygen atoms in total. The Morgan fingerprint density at radius 3 is 2.29 bits per heavy atom. The molecule has 1 fully saturated rings. The first kappa shape index (κ1) is 19.4. The lowest BCUT2D eigenvalue weighted by Gasteiger charge is -2.04. The summed E-state index contributed by atoms with van der Waals surface area (Å²) in [5, 5.41) is 17.2. The molecular formula is C18H22O6. The van der Waals surface area contributed by atoms with E-state index in [-0.39, 0.29) is 11.9 Å². The molecule has 130 valence electrons. The van der Waals surface area contributed by atoms with E-state index in [9.17, 15) is 9.59 Å². The molecule has 2 rings (SSSR count). The first-order valence-electron chi connectivity index (χ1n) is 7.62. The van der Waals surface area contributed by atoms with Crippen molar-refractivity contribution in [2.45, 2.75) is 32.8 Å². The van der Waals surface area contributed by atoms with Crippen LogP contribution in [0.3, 0.4) is 0 Å². The van der Waals surface area contributed by atoms with Crippen LogP contribution in [0.25, 0.3) is 0 Å². The number of epoxide rings is 1. The molecule has 1 aliphatic heterocycles. The highest BCUT2D eigenvalue weighted by molar-refractivity contribution is 5.85. The van der Waals surface area contributed by atoms with Gasteiger partial charge in [-0.3, -0.25) is 0 Å². The Morgan fingerprint density at radius 2 is 1.83 bits per heavy atom. The molecule has 24 heavy (non-hydrogen) atoms. The molecule has 0 aromatic heterocycles. The van der Waals surface area contributed by atoms with E-state index in [1.807, 2.05) is 13.0 Å². The number of rotatable bonds is 7. The summed E-state index contributed by atoms with van der Waals surface area (Å²) in [6, 6.07) is 8.86. The maximum Gasteiger partial charge on any atom is 0.371 e. The van der Waals surface area contributed by atoms with Crippen molar-refractivity contribution < 1.29 is 29.3 Å². The highest BCUT2D eigenvalue weighted by atomic mass is 16.6. The molecule has 0 amide bonds. The molecule has 1 aliphatic rings. The van der Waals surface area contributed by atoms with Crippen LogP contribution < -0.4 is 4.74 Å². The second kappa shape index (κ2) is 10.2. The highest BCUT2D eigenvalue weighted by Crippen LogP contribution is 2.15. The maximum atomic E-state index is 10.7. The van der Waals surface area contributed by atoms with Gasteiger partial charge in [-0.25, -0.2) is 9.59 Å². The third-order valence-corrected chi connectivity index (χ3v) is 3.00. The predicted molar refractivity (Wildman–Crippen MR) is 88.8 cm³/mol. The number of para-hydroxylation sites is 1. The lowest BCUT2D eigenvalue weighted by atomic mass is 10.2. The second-order valence-electron chi connectivity index (χ2n) is 5.08. The van der Waals surface area contributed by atoms with Crippen LogP contribution in [-0.4, -0.2) is 34.9 Å². The van der Waals surface area contributed by atoms with Gasteiger partial charge in [0, 0.05) is 5.57 Å². The summed E-state index contributed by atoms with van der Waals surface area (Å²) in [5.74, 6) is -1.38. The monoisotopic (exact) mass is 334 g/mol. The van der Waals surface area contributed by atoms with E-state index < -0.39 is 11.9 Å². The smallest absolute Gasteiger partial charge is 0.371 e. The summed E-state index contributed by atoms with van der Waals surface area (Å²) in [5.41, 5.74) is 0.399. The minimum absolute atomic E-state index is 0.0290. The third kappa shape index (κ3) is 8.14. The van der Waals surface area contributed by atoms with Crippen LogP contribution >= 0.6 is 0 Å². The number of allylic oxidation sites excluding steroid dienone is 1. The zero-order valence-corrected chi connectivity index (χ0v) is 13.8. The molecule has 1 aromatic rings. The van der Waals surface area contributed by atoms with E-state index in [1.165, 1.54) is 6.08 Å². The number of hydrogen-bond acceptors (Lipinski definition) is 4. The summed E-state index contributed by atoms with van der Waals surface area (Å²) in [4.78, 5) is 20.9. The Morgan fingerprint density at radius 1 is 1.21 bits per heavy atom. The summed E-state index contributed by atoms with van der Waals surface area (Å²) >= 11 is 0. The number of carboxylic acids is 2. The molecule has 0 spiro atoms. The number of hydrogen-bond donors (Lipinski definition) is 2. The summed E-state index contributed by atoms with van der Waals surface area (Å²) in [6.07, 6.45) is 4.89. The van der Waals surface area contributed by atoms with Gasteiger partial charge in [0.2, 0.25) is 5.76 Å². The molecule has 0 saturated carbocycles. The largest absolute Gasteiger partial charge is 0.478 e. The van der Waals surface area contributed by atoms with Crippen LogP contribution in [0.15, 0.2) is 53.8 Å². The van der Waals surface area contributed by atoms with Crippen molar-refractivity contribution in [2.75, 3.05) is 6.61 Å². The zero-order chi connectivity index (χ0) is 17.9. The first-order chi connectivity index (χ1) is 11.4. The number of carbonyl (C=O) groups is 2. The number of benzene rings is 1. The van der Waals surface area contributed by atoms with Crippen molar-refractivity contribution in [1.82, 2.24) is 0 Å². The quantitative estimate of drug-likeness (QED) is 0.451. The van der Waals surface area contributed by atoms with Crippen molar-refractivity contribution in [1.29, 1.82) is 0 Å². The number of ether oxygens (including phenoxy) is 2. The molecule has 1 heterocycles.